The number of aryl methyl sites for hydroxylation is 1. The lowest BCUT2D eigenvalue weighted by molar-refractivity contribution is 0.322. The van der Waals surface area contributed by atoms with Crippen LogP contribution in [0.5, 0.6) is 5.75 Å². The van der Waals surface area contributed by atoms with E-state index >= 15 is 0 Å². The molecule has 3 N–H and O–H groups in total. The molecule has 1 aromatic rings. The van der Waals surface area contributed by atoms with Crippen LogP contribution in [0.25, 0.3) is 0 Å². The first-order valence-corrected chi connectivity index (χ1v) is 8.88. The van der Waals surface area contributed by atoms with Gasteiger partial charge >= 0.3 is 0 Å². The summed E-state index contributed by atoms with van der Waals surface area (Å²) in [5.74, 6) is 1.43. The summed E-state index contributed by atoms with van der Waals surface area (Å²) >= 11 is 0. The molecule has 0 aromatic heterocycles. The SMILES string of the molecule is CN=C(NCCNS(C)(=O)=O)NCCOc1ccc(C)cc1.I. The molecule has 0 unspecified atom stereocenters. The van der Waals surface area contributed by atoms with Gasteiger partial charge in [-0.1, -0.05) is 17.7 Å². The molecule has 0 aliphatic heterocycles. The summed E-state index contributed by atoms with van der Waals surface area (Å²) in [7, 11) is -1.50. The Labute approximate surface area is 155 Å². The third kappa shape index (κ3) is 11.2. The van der Waals surface area contributed by atoms with Crippen molar-refractivity contribution in [2.24, 2.45) is 4.99 Å². The van der Waals surface area contributed by atoms with Gasteiger partial charge in [0.05, 0.1) is 12.8 Å². The van der Waals surface area contributed by atoms with Crippen LogP contribution in [0, 0.1) is 6.92 Å². The fraction of sp³-hybridized carbons (Fsp3) is 0.500. The molecule has 132 valence electrons. The minimum atomic E-state index is -3.15. The van der Waals surface area contributed by atoms with E-state index in [0.717, 1.165) is 12.0 Å². The van der Waals surface area contributed by atoms with Crippen molar-refractivity contribution in [3.05, 3.63) is 29.8 Å². The predicted molar refractivity (Wildman–Crippen MR) is 104 cm³/mol. The highest BCUT2D eigenvalue weighted by Gasteiger charge is 2.00. The number of benzene rings is 1. The molecule has 9 heteroatoms. The zero-order chi connectivity index (χ0) is 16.4. The molecule has 1 rings (SSSR count). The van der Waals surface area contributed by atoms with Crippen LogP contribution in [0.15, 0.2) is 29.3 Å². The van der Waals surface area contributed by atoms with Crippen molar-refractivity contribution in [2.75, 3.05) is 39.5 Å². The first-order valence-electron chi connectivity index (χ1n) is 6.99. The molecule has 1 aromatic carbocycles. The molecular weight excluding hydrogens is 431 g/mol. The zero-order valence-corrected chi connectivity index (χ0v) is 16.8. The van der Waals surface area contributed by atoms with Crippen LogP contribution in [0.2, 0.25) is 0 Å². The summed E-state index contributed by atoms with van der Waals surface area (Å²) in [4.78, 5) is 4.04. The van der Waals surface area contributed by atoms with Gasteiger partial charge < -0.3 is 15.4 Å². The number of rotatable bonds is 8. The van der Waals surface area contributed by atoms with Crippen molar-refractivity contribution in [1.29, 1.82) is 0 Å². The number of sulfonamides is 1. The van der Waals surface area contributed by atoms with Crippen LogP contribution < -0.4 is 20.1 Å². The van der Waals surface area contributed by atoms with Crippen molar-refractivity contribution in [2.45, 2.75) is 6.92 Å². The van der Waals surface area contributed by atoms with Crippen LogP contribution in [-0.4, -0.2) is 53.9 Å². The van der Waals surface area contributed by atoms with Crippen LogP contribution in [-0.2, 0) is 10.0 Å². The van der Waals surface area contributed by atoms with Gasteiger partial charge in [-0.05, 0) is 19.1 Å². The van der Waals surface area contributed by atoms with Gasteiger partial charge in [0.15, 0.2) is 5.96 Å². The summed E-state index contributed by atoms with van der Waals surface area (Å²) in [6.45, 7) is 3.88. The largest absolute Gasteiger partial charge is 0.492 e. The van der Waals surface area contributed by atoms with E-state index in [0.29, 0.717) is 32.2 Å². The van der Waals surface area contributed by atoms with Gasteiger partial charge in [-0.2, -0.15) is 0 Å². The minimum Gasteiger partial charge on any atom is -0.492 e. The lowest BCUT2D eigenvalue weighted by Gasteiger charge is -2.12. The maximum absolute atomic E-state index is 10.9. The van der Waals surface area contributed by atoms with Crippen LogP contribution in [0.1, 0.15) is 5.56 Å². The Morgan fingerprint density at radius 1 is 1.13 bits per heavy atom. The topological polar surface area (TPSA) is 91.8 Å². The molecule has 0 bridgehead atoms. The van der Waals surface area contributed by atoms with Gasteiger partial charge in [0.25, 0.3) is 0 Å². The molecule has 0 saturated heterocycles. The van der Waals surface area contributed by atoms with E-state index in [-0.39, 0.29) is 24.0 Å². The molecular formula is C14H25IN4O3S. The van der Waals surface area contributed by atoms with Crippen molar-refractivity contribution in [3.8, 4) is 5.75 Å². The fourth-order valence-corrected chi connectivity index (χ4v) is 2.08. The third-order valence-corrected chi connectivity index (χ3v) is 3.42. The first kappa shape index (κ1) is 21.9. The van der Waals surface area contributed by atoms with E-state index in [9.17, 15) is 8.42 Å². The number of nitrogens with one attached hydrogen (secondary N) is 3. The van der Waals surface area contributed by atoms with Crippen molar-refractivity contribution in [1.82, 2.24) is 15.4 Å². The van der Waals surface area contributed by atoms with E-state index in [1.807, 2.05) is 31.2 Å². The molecule has 0 saturated carbocycles. The summed E-state index contributed by atoms with van der Waals surface area (Å²) in [6.07, 6.45) is 1.13. The van der Waals surface area contributed by atoms with Crippen molar-refractivity contribution >= 4 is 40.0 Å². The number of ether oxygens (including phenoxy) is 1. The van der Waals surface area contributed by atoms with Crippen LogP contribution in [0.4, 0.5) is 0 Å². The second-order valence-electron chi connectivity index (χ2n) is 4.75. The summed E-state index contributed by atoms with van der Waals surface area (Å²) < 4.78 is 29.8. The zero-order valence-electron chi connectivity index (χ0n) is 13.6. The molecule has 0 aliphatic carbocycles. The van der Waals surface area contributed by atoms with Gasteiger partial charge in [-0.3, -0.25) is 4.99 Å². The smallest absolute Gasteiger partial charge is 0.208 e. The monoisotopic (exact) mass is 456 g/mol. The lowest BCUT2D eigenvalue weighted by Crippen LogP contribution is -2.42. The molecule has 0 heterocycles. The number of aliphatic imine (C=N–C) groups is 1. The number of halogens is 1. The molecule has 0 amide bonds. The standard InChI is InChI=1S/C14H24N4O3S.HI/c1-12-4-6-13(7-5-12)21-11-10-17-14(15-2)16-8-9-18-22(3,19)20;/h4-7,18H,8-11H2,1-3H3,(H2,15,16,17);1H. The number of nitrogens with zero attached hydrogens (tertiary/aromatic N) is 1. The van der Waals surface area contributed by atoms with E-state index in [1.165, 1.54) is 5.56 Å². The van der Waals surface area contributed by atoms with E-state index < -0.39 is 10.0 Å². The van der Waals surface area contributed by atoms with Gasteiger partial charge in [-0.15, -0.1) is 24.0 Å². The molecule has 0 atom stereocenters. The number of guanidine groups is 1. The maximum atomic E-state index is 10.9. The summed E-state index contributed by atoms with van der Waals surface area (Å²) in [5, 5.41) is 6.09. The first-order chi connectivity index (χ1) is 10.4. The average Bonchev–Trinajstić information content (AvgIpc) is 2.46. The Morgan fingerprint density at radius 3 is 2.30 bits per heavy atom. The highest BCUT2D eigenvalue weighted by Crippen LogP contribution is 2.10. The quantitative estimate of drug-likeness (QED) is 0.232. The van der Waals surface area contributed by atoms with Crippen molar-refractivity contribution in [3.63, 3.8) is 0 Å². The molecule has 7 nitrogen and oxygen atoms in total. The lowest BCUT2D eigenvalue weighted by atomic mass is 10.2. The third-order valence-electron chi connectivity index (χ3n) is 2.69. The number of hydrogen-bond donors (Lipinski definition) is 3. The Kier molecular flexibility index (Phi) is 10.9. The summed E-state index contributed by atoms with van der Waals surface area (Å²) in [6, 6.07) is 7.86. The average molecular weight is 456 g/mol. The van der Waals surface area contributed by atoms with Gasteiger partial charge in [0.1, 0.15) is 12.4 Å². The van der Waals surface area contributed by atoms with E-state index in [4.69, 9.17) is 4.74 Å². The second kappa shape index (κ2) is 11.5. The highest BCUT2D eigenvalue weighted by atomic mass is 127. The molecule has 23 heavy (non-hydrogen) atoms. The molecule has 0 fully saturated rings. The normalized spacial score (nSPS) is 11.5. The Balaban J connectivity index is 0.00000484. The van der Waals surface area contributed by atoms with Gasteiger partial charge in [-0.25, -0.2) is 13.1 Å². The molecule has 0 spiro atoms. The Bertz CT molecular complexity index is 576. The summed E-state index contributed by atoms with van der Waals surface area (Å²) in [5.41, 5.74) is 1.19. The van der Waals surface area contributed by atoms with Crippen LogP contribution in [0.3, 0.4) is 0 Å². The van der Waals surface area contributed by atoms with Gasteiger partial charge in [0.2, 0.25) is 10.0 Å². The minimum absolute atomic E-state index is 0. The molecule has 0 radical (unpaired) electrons. The highest BCUT2D eigenvalue weighted by molar-refractivity contribution is 14.0. The number of hydrogen-bond acceptors (Lipinski definition) is 4. The Morgan fingerprint density at radius 2 is 1.74 bits per heavy atom. The van der Waals surface area contributed by atoms with Crippen LogP contribution >= 0.6 is 24.0 Å². The van der Waals surface area contributed by atoms with E-state index in [2.05, 4.69) is 20.3 Å². The molecule has 0 aliphatic rings. The fourth-order valence-electron chi connectivity index (χ4n) is 1.61. The van der Waals surface area contributed by atoms with E-state index in [1.54, 1.807) is 7.05 Å². The maximum Gasteiger partial charge on any atom is 0.208 e. The Hall–Kier alpha value is -1.07. The van der Waals surface area contributed by atoms with Gasteiger partial charge in [0, 0.05) is 20.1 Å². The van der Waals surface area contributed by atoms with Crippen molar-refractivity contribution < 1.29 is 13.2 Å². The predicted octanol–water partition coefficient (Wildman–Crippen LogP) is 0.706. The second-order valence-corrected chi connectivity index (χ2v) is 6.59.